The van der Waals surface area contributed by atoms with Crippen LogP contribution in [0.25, 0.3) is 0 Å². The van der Waals surface area contributed by atoms with E-state index in [-0.39, 0.29) is 25.2 Å². The minimum absolute atomic E-state index is 0. The number of carboxylic acids is 1. The summed E-state index contributed by atoms with van der Waals surface area (Å²) < 4.78 is 4.73. The summed E-state index contributed by atoms with van der Waals surface area (Å²) in [5, 5.41) is 8.23. The molecule has 0 fully saturated rings. The lowest BCUT2D eigenvalue weighted by Crippen LogP contribution is -2.08. The molecular formula is C8H15ClO4. The largest absolute Gasteiger partial charge is 0.481 e. The fourth-order valence-electron chi connectivity index (χ4n) is 0.612. The molecule has 0 saturated heterocycles. The third-order valence-corrected chi connectivity index (χ3v) is 1.30. The van der Waals surface area contributed by atoms with Gasteiger partial charge in [-0.1, -0.05) is 13.3 Å². The SMILES string of the molecule is CCCCOC(=O)CCC(=O)O.Cl. The van der Waals surface area contributed by atoms with Crippen molar-refractivity contribution in [2.75, 3.05) is 6.61 Å². The van der Waals surface area contributed by atoms with Crippen LogP contribution in [0.3, 0.4) is 0 Å². The van der Waals surface area contributed by atoms with Crippen molar-refractivity contribution in [3.8, 4) is 0 Å². The Hall–Kier alpha value is -0.770. The van der Waals surface area contributed by atoms with Gasteiger partial charge in [0.25, 0.3) is 0 Å². The Labute approximate surface area is 83.7 Å². The van der Waals surface area contributed by atoms with Gasteiger partial charge in [0.1, 0.15) is 0 Å². The van der Waals surface area contributed by atoms with Gasteiger partial charge in [-0.2, -0.15) is 0 Å². The Balaban J connectivity index is 0. The second-order valence-corrected chi connectivity index (χ2v) is 2.47. The molecule has 0 aliphatic rings. The third-order valence-electron chi connectivity index (χ3n) is 1.30. The van der Waals surface area contributed by atoms with Gasteiger partial charge in [0.2, 0.25) is 0 Å². The molecule has 1 N–H and O–H groups in total. The fraction of sp³-hybridized carbons (Fsp3) is 0.750. The normalized spacial score (nSPS) is 8.69. The molecule has 0 atom stereocenters. The molecule has 0 aromatic carbocycles. The molecule has 0 aliphatic heterocycles. The van der Waals surface area contributed by atoms with Crippen LogP contribution < -0.4 is 0 Å². The highest BCUT2D eigenvalue weighted by Crippen LogP contribution is 1.95. The molecular weight excluding hydrogens is 196 g/mol. The van der Waals surface area contributed by atoms with Crippen LogP contribution in [0.1, 0.15) is 32.6 Å². The van der Waals surface area contributed by atoms with Gasteiger partial charge in [-0.15, -0.1) is 12.4 Å². The number of carbonyl (C=O) groups is 2. The molecule has 0 bridgehead atoms. The number of aliphatic carboxylic acids is 1. The summed E-state index contributed by atoms with van der Waals surface area (Å²) >= 11 is 0. The third kappa shape index (κ3) is 11.2. The first-order valence-corrected chi connectivity index (χ1v) is 4.04. The van der Waals surface area contributed by atoms with E-state index in [2.05, 4.69) is 0 Å². The van der Waals surface area contributed by atoms with Crippen LogP contribution in [0.4, 0.5) is 0 Å². The number of halogens is 1. The molecule has 0 aromatic rings. The molecule has 4 nitrogen and oxygen atoms in total. The van der Waals surface area contributed by atoms with E-state index in [1.54, 1.807) is 0 Å². The summed E-state index contributed by atoms with van der Waals surface area (Å²) in [6.45, 7) is 2.39. The lowest BCUT2D eigenvalue weighted by molar-refractivity contribution is -0.147. The fourth-order valence-corrected chi connectivity index (χ4v) is 0.612. The Morgan fingerprint density at radius 2 is 1.92 bits per heavy atom. The standard InChI is InChI=1S/C8H14O4.ClH/c1-2-3-6-12-8(11)5-4-7(9)10;/h2-6H2,1H3,(H,9,10);1H. The van der Waals surface area contributed by atoms with Gasteiger partial charge in [0.15, 0.2) is 0 Å². The number of carboxylic acid groups (broad SMARTS) is 1. The Kier molecular flexibility index (Phi) is 10.6. The number of hydrogen-bond donors (Lipinski definition) is 1. The number of ether oxygens (including phenoxy) is 1. The predicted molar refractivity (Wildman–Crippen MR) is 50.0 cm³/mol. The van der Waals surface area contributed by atoms with Crippen molar-refractivity contribution < 1.29 is 19.4 Å². The highest BCUT2D eigenvalue weighted by molar-refractivity contribution is 5.85. The van der Waals surface area contributed by atoms with Crippen LogP contribution >= 0.6 is 12.4 Å². The average molecular weight is 211 g/mol. The smallest absolute Gasteiger partial charge is 0.306 e. The summed E-state index contributed by atoms with van der Waals surface area (Å²) in [6, 6.07) is 0. The molecule has 0 spiro atoms. The van der Waals surface area contributed by atoms with Gasteiger partial charge in [-0.25, -0.2) is 0 Å². The Morgan fingerprint density at radius 1 is 1.31 bits per heavy atom. The molecule has 0 saturated carbocycles. The van der Waals surface area contributed by atoms with Crippen molar-refractivity contribution in [2.24, 2.45) is 0 Å². The summed E-state index contributed by atoms with van der Waals surface area (Å²) in [7, 11) is 0. The van der Waals surface area contributed by atoms with Gasteiger partial charge in [0.05, 0.1) is 19.4 Å². The lowest BCUT2D eigenvalue weighted by Gasteiger charge is -2.01. The van der Waals surface area contributed by atoms with Crippen LogP contribution in [0, 0.1) is 0 Å². The van der Waals surface area contributed by atoms with Crippen LogP contribution in [0.15, 0.2) is 0 Å². The number of rotatable bonds is 6. The summed E-state index contributed by atoms with van der Waals surface area (Å²) in [6.07, 6.45) is 1.62. The van der Waals surface area contributed by atoms with E-state index in [4.69, 9.17) is 9.84 Å². The van der Waals surface area contributed by atoms with E-state index in [1.807, 2.05) is 6.92 Å². The topological polar surface area (TPSA) is 63.6 Å². The van der Waals surface area contributed by atoms with E-state index < -0.39 is 11.9 Å². The minimum Gasteiger partial charge on any atom is -0.481 e. The summed E-state index contributed by atoms with van der Waals surface area (Å²) in [5.41, 5.74) is 0. The van der Waals surface area contributed by atoms with Crippen molar-refractivity contribution in [3.63, 3.8) is 0 Å². The van der Waals surface area contributed by atoms with Crippen molar-refractivity contribution in [3.05, 3.63) is 0 Å². The summed E-state index contributed by atoms with van der Waals surface area (Å²) in [5.74, 6) is -1.40. The van der Waals surface area contributed by atoms with Gasteiger partial charge >= 0.3 is 11.9 Å². The van der Waals surface area contributed by atoms with Crippen molar-refractivity contribution in [1.29, 1.82) is 0 Å². The molecule has 0 aromatic heterocycles. The molecule has 0 unspecified atom stereocenters. The molecule has 0 heterocycles. The van der Waals surface area contributed by atoms with Gasteiger partial charge in [-0.05, 0) is 6.42 Å². The number of carbonyl (C=O) groups excluding carboxylic acids is 1. The van der Waals surface area contributed by atoms with Crippen molar-refractivity contribution in [2.45, 2.75) is 32.6 Å². The van der Waals surface area contributed by atoms with E-state index in [1.165, 1.54) is 0 Å². The summed E-state index contributed by atoms with van der Waals surface area (Å²) in [4.78, 5) is 20.8. The molecule has 0 rings (SSSR count). The monoisotopic (exact) mass is 210 g/mol. The molecule has 5 heteroatoms. The van der Waals surface area contributed by atoms with E-state index in [0.717, 1.165) is 12.8 Å². The predicted octanol–water partition coefficient (Wildman–Crippen LogP) is 1.62. The quantitative estimate of drug-likeness (QED) is 0.535. The Bertz CT molecular complexity index is 158. The maximum atomic E-state index is 10.7. The lowest BCUT2D eigenvalue weighted by atomic mass is 10.3. The maximum absolute atomic E-state index is 10.7. The van der Waals surface area contributed by atoms with E-state index >= 15 is 0 Å². The van der Waals surface area contributed by atoms with Gasteiger partial charge in [0, 0.05) is 0 Å². The van der Waals surface area contributed by atoms with Gasteiger partial charge < -0.3 is 9.84 Å². The average Bonchev–Trinajstić information content (AvgIpc) is 2.01. The van der Waals surface area contributed by atoms with E-state index in [9.17, 15) is 9.59 Å². The zero-order valence-electron chi connectivity index (χ0n) is 7.62. The zero-order valence-corrected chi connectivity index (χ0v) is 8.43. The molecule has 13 heavy (non-hydrogen) atoms. The van der Waals surface area contributed by atoms with Crippen LogP contribution in [0.2, 0.25) is 0 Å². The maximum Gasteiger partial charge on any atom is 0.306 e. The second-order valence-electron chi connectivity index (χ2n) is 2.47. The second kappa shape index (κ2) is 9.32. The van der Waals surface area contributed by atoms with Crippen LogP contribution in [0.5, 0.6) is 0 Å². The molecule has 0 amide bonds. The first-order chi connectivity index (χ1) is 5.66. The molecule has 78 valence electrons. The zero-order chi connectivity index (χ0) is 9.40. The van der Waals surface area contributed by atoms with Crippen LogP contribution in [-0.2, 0) is 14.3 Å². The first-order valence-electron chi connectivity index (χ1n) is 4.04. The molecule has 0 radical (unpaired) electrons. The highest BCUT2D eigenvalue weighted by Gasteiger charge is 2.05. The van der Waals surface area contributed by atoms with Crippen molar-refractivity contribution >= 4 is 24.3 Å². The number of esters is 1. The van der Waals surface area contributed by atoms with Gasteiger partial charge in [-0.3, -0.25) is 9.59 Å². The van der Waals surface area contributed by atoms with Crippen molar-refractivity contribution in [1.82, 2.24) is 0 Å². The highest BCUT2D eigenvalue weighted by atomic mass is 35.5. The number of unbranched alkanes of at least 4 members (excludes halogenated alkanes) is 1. The number of hydrogen-bond acceptors (Lipinski definition) is 3. The first kappa shape index (κ1) is 14.7. The minimum atomic E-state index is -0.970. The Morgan fingerprint density at radius 3 is 2.38 bits per heavy atom. The van der Waals surface area contributed by atoms with E-state index in [0.29, 0.717) is 6.61 Å². The van der Waals surface area contributed by atoms with Crippen LogP contribution in [-0.4, -0.2) is 23.7 Å². The molecule has 0 aliphatic carbocycles.